The Labute approximate surface area is 108 Å². The van der Waals surface area contributed by atoms with Gasteiger partial charge in [-0.1, -0.05) is 25.6 Å². The van der Waals surface area contributed by atoms with Crippen molar-refractivity contribution in [3.63, 3.8) is 0 Å². The summed E-state index contributed by atoms with van der Waals surface area (Å²) in [5, 5.41) is 0.755. The number of rotatable bonds is 3. The van der Waals surface area contributed by atoms with Gasteiger partial charge >= 0.3 is 5.69 Å². The van der Waals surface area contributed by atoms with Gasteiger partial charge in [-0.25, -0.2) is 9.78 Å². The van der Waals surface area contributed by atoms with Crippen LogP contribution in [0.5, 0.6) is 0 Å². The van der Waals surface area contributed by atoms with Crippen molar-refractivity contribution in [1.29, 1.82) is 0 Å². The molecule has 2 aromatic heterocycles. The summed E-state index contributed by atoms with van der Waals surface area (Å²) in [5.74, 6) is 1.46. The van der Waals surface area contributed by atoms with Gasteiger partial charge in [0.2, 0.25) is 0 Å². The number of fused-ring (bicyclic) bond motifs is 1. The summed E-state index contributed by atoms with van der Waals surface area (Å²) in [4.78, 5) is 29.9. The molecule has 0 aromatic carbocycles. The second kappa shape index (κ2) is 4.64. The highest BCUT2D eigenvalue weighted by atomic mass is 32.2. The third-order valence-corrected chi connectivity index (χ3v) is 4.10. The van der Waals surface area contributed by atoms with Gasteiger partial charge in [-0.3, -0.25) is 14.3 Å². The maximum atomic E-state index is 11.8. The molecule has 0 atom stereocenters. The molecule has 6 nitrogen and oxygen atoms in total. The van der Waals surface area contributed by atoms with Crippen LogP contribution in [0.1, 0.15) is 13.8 Å². The van der Waals surface area contributed by atoms with Gasteiger partial charge in [0.15, 0.2) is 16.3 Å². The number of imidazole rings is 1. The molecule has 0 aliphatic heterocycles. The van der Waals surface area contributed by atoms with E-state index in [4.69, 9.17) is 0 Å². The molecular formula is C11H16N4O2S. The molecule has 0 amide bonds. The van der Waals surface area contributed by atoms with E-state index >= 15 is 0 Å². The fraction of sp³-hybridized carbons (Fsp3) is 0.545. The molecule has 2 heterocycles. The molecular weight excluding hydrogens is 252 g/mol. The number of nitrogens with one attached hydrogen (secondary N) is 1. The van der Waals surface area contributed by atoms with Gasteiger partial charge in [0.25, 0.3) is 5.56 Å². The van der Waals surface area contributed by atoms with Crippen molar-refractivity contribution in [1.82, 2.24) is 19.1 Å². The number of aryl methyl sites for hydroxylation is 2. The second-order valence-electron chi connectivity index (χ2n) is 4.65. The molecule has 0 unspecified atom stereocenters. The number of thioether (sulfide) groups is 1. The first-order chi connectivity index (χ1) is 8.41. The Morgan fingerprint density at radius 1 is 1.28 bits per heavy atom. The number of hydrogen-bond acceptors (Lipinski definition) is 4. The molecule has 0 saturated carbocycles. The molecule has 0 radical (unpaired) electrons. The zero-order valence-corrected chi connectivity index (χ0v) is 11.7. The zero-order chi connectivity index (χ0) is 13.4. The first-order valence-electron chi connectivity index (χ1n) is 5.70. The molecule has 2 aromatic rings. The largest absolute Gasteiger partial charge is 0.329 e. The van der Waals surface area contributed by atoms with Crippen LogP contribution in [-0.2, 0) is 14.1 Å². The molecule has 0 aliphatic carbocycles. The normalized spacial score (nSPS) is 11.6. The molecule has 0 fully saturated rings. The quantitative estimate of drug-likeness (QED) is 0.832. The van der Waals surface area contributed by atoms with E-state index in [1.807, 2.05) is 0 Å². The molecule has 0 aliphatic rings. The van der Waals surface area contributed by atoms with Crippen LogP contribution in [0.25, 0.3) is 11.2 Å². The third-order valence-electron chi connectivity index (χ3n) is 2.64. The highest BCUT2D eigenvalue weighted by Crippen LogP contribution is 2.21. The van der Waals surface area contributed by atoms with Gasteiger partial charge in [-0.15, -0.1) is 0 Å². The minimum atomic E-state index is -0.439. The SMILES string of the molecule is CC(C)CSc1nc2c(c(=O)[nH]c(=O)n2C)n1C. The van der Waals surface area contributed by atoms with Crippen molar-refractivity contribution in [2.24, 2.45) is 20.0 Å². The number of nitrogens with zero attached hydrogens (tertiary/aromatic N) is 3. The van der Waals surface area contributed by atoms with E-state index < -0.39 is 5.69 Å². The summed E-state index contributed by atoms with van der Waals surface area (Å²) in [5.41, 5.74) is 0.0337. The molecule has 98 valence electrons. The summed E-state index contributed by atoms with van der Waals surface area (Å²) >= 11 is 1.59. The average Bonchev–Trinajstić information content (AvgIpc) is 2.61. The molecule has 0 bridgehead atoms. The monoisotopic (exact) mass is 268 g/mol. The maximum Gasteiger partial charge on any atom is 0.329 e. The van der Waals surface area contributed by atoms with E-state index in [2.05, 4.69) is 23.8 Å². The smallest absolute Gasteiger partial charge is 0.316 e. The highest BCUT2D eigenvalue weighted by molar-refractivity contribution is 7.99. The summed E-state index contributed by atoms with van der Waals surface area (Å²) in [7, 11) is 3.39. The molecule has 0 spiro atoms. The van der Waals surface area contributed by atoms with Crippen LogP contribution in [0.3, 0.4) is 0 Å². The van der Waals surface area contributed by atoms with E-state index in [-0.39, 0.29) is 5.56 Å². The van der Waals surface area contributed by atoms with E-state index in [1.54, 1.807) is 30.4 Å². The summed E-state index contributed by atoms with van der Waals surface area (Å²) in [6.07, 6.45) is 0. The lowest BCUT2D eigenvalue weighted by molar-refractivity contribution is 0.742. The first kappa shape index (κ1) is 12.9. The minimum Gasteiger partial charge on any atom is -0.316 e. The Kier molecular flexibility index (Phi) is 3.34. The molecule has 2 rings (SSSR count). The highest BCUT2D eigenvalue weighted by Gasteiger charge is 2.15. The molecule has 0 saturated heterocycles. The van der Waals surface area contributed by atoms with E-state index in [1.165, 1.54) is 4.57 Å². The van der Waals surface area contributed by atoms with Crippen LogP contribution in [0, 0.1) is 5.92 Å². The van der Waals surface area contributed by atoms with E-state index in [9.17, 15) is 9.59 Å². The van der Waals surface area contributed by atoms with Crippen LogP contribution in [-0.4, -0.2) is 24.9 Å². The summed E-state index contributed by atoms with van der Waals surface area (Å²) < 4.78 is 3.09. The maximum absolute atomic E-state index is 11.8. The second-order valence-corrected chi connectivity index (χ2v) is 5.64. The Morgan fingerprint density at radius 3 is 2.56 bits per heavy atom. The predicted molar refractivity (Wildman–Crippen MR) is 72.1 cm³/mol. The topological polar surface area (TPSA) is 72.7 Å². The van der Waals surface area contributed by atoms with Gasteiger partial charge in [0.05, 0.1) is 0 Å². The fourth-order valence-electron chi connectivity index (χ4n) is 1.66. The summed E-state index contributed by atoms with van der Waals surface area (Å²) in [6.45, 7) is 4.25. The van der Waals surface area contributed by atoms with Gasteiger partial charge in [0, 0.05) is 19.8 Å². The van der Waals surface area contributed by atoms with Gasteiger partial charge < -0.3 is 4.57 Å². The van der Waals surface area contributed by atoms with Crippen LogP contribution in [0.4, 0.5) is 0 Å². The van der Waals surface area contributed by atoms with Crippen LogP contribution in [0.15, 0.2) is 14.7 Å². The minimum absolute atomic E-state index is 0.389. The van der Waals surface area contributed by atoms with Crippen LogP contribution in [0.2, 0.25) is 0 Å². The third kappa shape index (κ3) is 2.10. The number of aromatic nitrogens is 4. The molecule has 7 heteroatoms. The van der Waals surface area contributed by atoms with Crippen LogP contribution < -0.4 is 11.2 Å². The predicted octanol–water partition coefficient (Wildman–Crippen LogP) is 0.708. The molecule has 1 N–H and O–H groups in total. The first-order valence-corrected chi connectivity index (χ1v) is 6.69. The van der Waals surface area contributed by atoms with Gasteiger partial charge in [-0.2, -0.15) is 0 Å². The lowest BCUT2D eigenvalue weighted by atomic mass is 10.3. The van der Waals surface area contributed by atoms with Crippen molar-refractivity contribution in [3.8, 4) is 0 Å². The standard InChI is InChI=1S/C11H16N4O2S/c1-6(2)5-18-11-12-8-7(14(11)3)9(16)13-10(17)15(8)4/h6H,5H2,1-4H3,(H,13,16,17). The van der Waals surface area contributed by atoms with Crippen molar-refractivity contribution >= 4 is 22.9 Å². The number of hydrogen-bond donors (Lipinski definition) is 1. The fourth-order valence-corrected chi connectivity index (χ4v) is 2.58. The van der Waals surface area contributed by atoms with E-state index in [0.717, 1.165) is 10.9 Å². The van der Waals surface area contributed by atoms with Crippen molar-refractivity contribution in [2.75, 3.05) is 5.75 Å². The average molecular weight is 268 g/mol. The Hall–Kier alpha value is -1.50. The van der Waals surface area contributed by atoms with Crippen molar-refractivity contribution in [2.45, 2.75) is 19.0 Å². The Morgan fingerprint density at radius 2 is 1.94 bits per heavy atom. The van der Waals surface area contributed by atoms with E-state index in [0.29, 0.717) is 17.1 Å². The number of aromatic amines is 1. The number of H-pyrrole nitrogens is 1. The zero-order valence-electron chi connectivity index (χ0n) is 10.9. The molecule has 18 heavy (non-hydrogen) atoms. The summed E-state index contributed by atoms with van der Waals surface area (Å²) in [6, 6.07) is 0. The van der Waals surface area contributed by atoms with Crippen molar-refractivity contribution < 1.29 is 0 Å². The van der Waals surface area contributed by atoms with Gasteiger partial charge in [0.1, 0.15) is 0 Å². The van der Waals surface area contributed by atoms with Gasteiger partial charge in [-0.05, 0) is 5.92 Å². The Bertz CT molecular complexity index is 695. The van der Waals surface area contributed by atoms with Crippen molar-refractivity contribution in [3.05, 3.63) is 20.8 Å². The lowest BCUT2D eigenvalue weighted by Gasteiger charge is -2.03. The van der Waals surface area contributed by atoms with Crippen LogP contribution >= 0.6 is 11.8 Å². The Balaban J connectivity index is 2.63. The lowest BCUT2D eigenvalue weighted by Crippen LogP contribution is -2.29.